The van der Waals surface area contributed by atoms with Crippen LogP contribution >= 0.6 is 0 Å². The summed E-state index contributed by atoms with van der Waals surface area (Å²) in [5.41, 5.74) is 0. The van der Waals surface area contributed by atoms with Gasteiger partial charge in [0.1, 0.15) is 12.4 Å². The van der Waals surface area contributed by atoms with Crippen molar-refractivity contribution in [2.75, 3.05) is 26.7 Å². The number of rotatable bonds is 10. The monoisotopic (exact) mass is 295 g/mol. The number of furan rings is 1. The van der Waals surface area contributed by atoms with E-state index in [0.717, 1.165) is 37.1 Å². The summed E-state index contributed by atoms with van der Waals surface area (Å²) in [5.74, 6) is 2.49. The molecular weight excluding hydrogens is 266 g/mol. The van der Waals surface area contributed by atoms with Gasteiger partial charge < -0.3 is 19.8 Å². The lowest BCUT2D eigenvalue weighted by Crippen LogP contribution is -2.38. The van der Waals surface area contributed by atoms with Crippen LogP contribution in [0.25, 0.3) is 0 Å². The van der Waals surface area contributed by atoms with Gasteiger partial charge in [-0.2, -0.15) is 0 Å². The molecule has 0 unspecified atom stereocenters. The fourth-order valence-electron chi connectivity index (χ4n) is 1.89. The van der Waals surface area contributed by atoms with Crippen molar-refractivity contribution in [3.05, 3.63) is 24.2 Å². The van der Waals surface area contributed by atoms with Crippen LogP contribution in [0.1, 0.15) is 38.9 Å². The van der Waals surface area contributed by atoms with E-state index in [0.29, 0.717) is 13.2 Å². The molecule has 1 aromatic rings. The first-order valence-corrected chi connectivity index (χ1v) is 7.77. The summed E-state index contributed by atoms with van der Waals surface area (Å²) >= 11 is 0. The maximum atomic E-state index is 5.52. The fourth-order valence-corrected chi connectivity index (χ4v) is 1.89. The molecule has 0 bridgehead atoms. The second-order valence-corrected chi connectivity index (χ2v) is 5.45. The first kappa shape index (κ1) is 17.6. The third-order valence-electron chi connectivity index (χ3n) is 3.06. The van der Waals surface area contributed by atoms with Gasteiger partial charge in [0.25, 0.3) is 0 Å². The third kappa shape index (κ3) is 9.13. The number of guanidine groups is 1. The molecule has 0 spiro atoms. The summed E-state index contributed by atoms with van der Waals surface area (Å²) in [6, 6.07) is 3.79. The standard InChI is InChI=1S/C16H29N3O2/c1-14(2)7-4-9-18-16(17-3)19-10-6-11-20-13-15-8-5-12-21-15/h5,8,12,14H,4,6-7,9-11,13H2,1-3H3,(H2,17,18,19). The summed E-state index contributed by atoms with van der Waals surface area (Å²) in [7, 11) is 1.80. The van der Waals surface area contributed by atoms with E-state index in [4.69, 9.17) is 9.15 Å². The number of nitrogens with zero attached hydrogens (tertiary/aromatic N) is 1. The number of hydrogen-bond donors (Lipinski definition) is 2. The molecule has 0 aliphatic carbocycles. The molecule has 0 saturated carbocycles. The van der Waals surface area contributed by atoms with Gasteiger partial charge in [-0.05, 0) is 37.3 Å². The second-order valence-electron chi connectivity index (χ2n) is 5.45. The zero-order chi connectivity index (χ0) is 15.3. The molecule has 5 heteroatoms. The Morgan fingerprint density at radius 3 is 2.67 bits per heavy atom. The molecule has 0 atom stereocenters. The molecule has 1 heterocycles. The predicted octanol–water partition coefficient (Wildman–Crippen LogP) is 2.79. The maximum absolute atomic E-state index is 5.52. The SMILES string of the molecule is CN=C(NCCCOCc1ccco1)NCCCC(C)C. The molecule has 5 nitrogen and oxygen atoms in total. The normalized spacial score (nSPS) is 11.9. The Kier molecular flexibility index (Phi) is 9.37. The zero-order valence-electron chi connectivity index (χ0n) is 13.5. The molecule has 0 aliphatic rings. The van der Waals surface area contributed by atoms with Gasteiger partial charge in [0.2, 0.25) is 0 Å². The van der Waals surface area contributed by atoms with E-state index < -0.39 is 0 Å². The van der Waals surface area contributed by atoms with Crippen LogP contribution in [0.2, 0.25) is 0 Å². The van der Waals surface area contributed by atoms with Gasteiger partial charge in [0.05, 0.1) is 6.26 Å². The van der Waals surface area contributed by atoms with Gasteiger partial charge in [-0.15, -0.1) is 0 Å². The molecule has 2 N–H and O–H groups in total. The largest absolute Gasteiger partial charge is 0.467 e. The van der Waals surface area contributed by atoms with Crippen LogP contribution in [0, 0.1) is 5.92 Å². The molecule has 1 rings (SSSR count). The Morgan fingerprint density at radius 2 is 2.05 bits per heavy atom. The van der Waals surface area contributed by atoms with E-state index in [-0.39, 0.29) is 0 Å². The average molecular weight is 295 g/mol. The zero-order valence-corrected chi connectivity index (χ0v) is 13.5. The highest BCUT2D eigenvalue weighted by atomic mass is 16.5. The highest BCUT2D eigenvalue weighted by Gasteiger charge is 1.99. The van der Waals surface area contributed by atoms with E-state index in [9.17, 15) is 0 Å². The first-order chi connectivity index (χ1) is 10.2. The minimum atomic E-state index is 0.537. The topological polar surface area (TPSA) is 58.8 Å². The molecule has 120 valence electrons. The van der Waals surface area contributed by atoms with Gasteiger partial charge in [0, 0.05) is 26.7 Å². The Hall–Kier alpha value is -1.49. The fraction of sp³-hybridized carbons (Fsp3) is 0.688. The Morgan fingerprint density at radius 1 is 1.29 bits per heavy atom. The first-order valence-electron chi connectivity index (χ1n) is 7.77. The van der Waals surface area contributed by atoms with E-state index in [1.54, 1.807) is 13.3 Å². The molecule has 21 heavy (non-hydrogen) atoms. The van der Waals surface area contributed by atoms with E-state index in [1.807, 2.05) is 12.1 Å². The molecule has 0 aliphatic heterocycles. The van der Waals surface area contributed by atoms with E-state index >= 15 is 0 Å². The smallest absolute Gasteiger partial charge is 0.190 e. The summed E-state index contributed by atoms with van der Waals surface area (Å²) in [6.07, 6.45) is 5.01. The minimum absolute atomic E-state index is 0.537. The lowest BCUT2D eigenvalue weighted by Gasteiger charge is -2.12. The van der Waals surface area contributed by atoms with Crippen molar-refractivity contribution in [2.24, 2.45) is 10.9 Å². The molecular formula is C16H29N3O2. The van der Waals surface area contributed by atoms with Crippen molar-refractivity contribution < 1.29 is 9.15 Å². The van der Waals surface area contributed by atoms with Crippen LogP contribution in [0.3, 0.4) is 0 Å². The Labute approximate surface area is 128 Å². The van der Waals surface area contributed by atoms with Crippen molar-refractivity contribution in [3.63, 3.8) is 0 Å². The summed E-state index contributed by atoms with van der Waals surface area (Å²) in [5, 5.41) is 6.61. The van der Waals surface area contributed by atoms with Crippen LogP contribution in [-0.2, 0) is 11.3 Å². The van der Waals surface area contributed by atoms with Gasteiger partial charge in [-0.25, -0.2) is 0 Å². The van der Waals surface area contributed by atoms with Crippen LogP contribution in [0.4, 0.5) is 0 Å². The average Bonchev–Trinajstić information content (AvgIpc) is 2.97. The minimum Gasteiger partial charge on any atom is -0.467 e. The van der Waals surface area contributed by atoms with E-state index in [1.165, 1.54) is 12.8 Å². The van der Waals surface area contributed by atoms with Crippen LogP contribution in [0.15, 0.2) is 27.8 Å². The molecule has 0 radical (unpaired) electrons. The quantitative estimate of drug-likeness (QED) is 0.396. The summed E-state index contributed by atoms with van der Waals surface area (Å²) in [6.45, 7) is 7.55. The number of ether oxygens (including phenoxy) is 1. The van der Waals surface area contributed by atoms with Crippen molar-refractivity contribution in [2.45, 2.75) is 39.7 Å². The highest BCUT2D eigenvalue weighted by Crippen LogP contribution is 2.02. The highest BCUT2D eigenvalue weighted by molar-refractivity contribution is 5.79. The molecule has 0 fully saturated rings. The number of aliphatic imine (C=N–C) groups is 1. The van der Waals surface area contributed by atoms with Crippen molar-refractivity contribution in [1.82, 2.24) is 10.6 Å². The van der Waals surface area contributed by atoms with Gasteiger partial charge in [0.15, 0.2) is 5.96 Å². The molecule has 0 amide bonds. The summed E-state index contributed by atoms with van der Waals surface area (Å²) < 4.78 is 10.7. The van der Waals surface area contributed by atoms with Gasteiger partial charge >= 0.3 is 0 Å². The lowest BCUT2D eigenvalue weighted by atomic mass is 10.1. The Bertz CT molecular complexity index is 375. The van der Waals surface area contributed by atoms with Gasteiger partial charge in [-0.3, -0.25) is 4.99 Å². The maximum Gasteiger partial charge on any atom is 0.190 e. The summed E-state index contributed by atoms with van der Waals surface area (Å²) in [4.78, 5) is 4.20. The van der Waals surface area contributed by atoms with Crippen molar-refractivity contribution >= 4 is 5.96 Å². The molecule has 0 aromatic carbocycles. The molecule has 1 aromatic heterocycles. The van der Waals surface area contributed by atoms with Crippen LogP contribution in [-0.4, -0.2) is 32.7 Å². The molecule has 0 saturated heterocycles. The lowest BCUT2D eigenvalue weighted by molar-refractivity contribution is 0.105. The predicted molar refractivity (Wildman–Crippen MR) is 86.4 cm³/mol. The van der Waals surface area contributed by atoms with E-state index in [2.05, 4.69) is 29.5 Å². The van der Waals surface area contributed by atoms with Crippen LogP contribution in [0.5, 0.6) is 0 Å². The van der Waals surface area contributed by atoms with Crippen LogP contribution < -0.4 is 10.6 Å². The van der Waals surface area contributed by atoms with Gasteiger partial charge in [-0.1, -0.05) is 13.8 Å². The van der Waals surface area contributed by atoms with Crippen molar-refractivity contribution in [1.29, 1.82) is 0 Å². The second kappa shape index (κ2) is 11.2. The van der Waals surface area contributed by atoms with Crippen molar-refractivity contribution in [3.8, 4) is 0 Å². The third-order valence-corrected chi connectivity index (χ3v) is 3.06. The number of hydrogen-bond acceptors (Lipinski definition) is 3. The number of nitrogens with one attached hydrogen (secondary N) is 2. The Balaban J connectivity index is 1.96.